The van der Waals surface area contributed by atoms with E-state index in [1.807, 2.05) is 20.8 Å². The molecule has 2 atom stereocenters. The number of anilines is 1. The third kappa shape index (κ3) is 8.24. The molecule has 8 nitrogen and oxygen atoms in total. The summed E-state index contributed by atoms with van der Waals surface area (Å²) in [6.45, 7) is 8.98. The van der Waals surface area contributed by atoms with Crippen LogP contribution in [0.2, 0.25) is 5.02 Å². The molecule has 0 saturated carbocycles. The number of ether oxygens (including phenoxy) is 1. The van der Waals surface area contributed by atoms with Crippen LogP contribution in [-0.4, -0.2) is 50.4 Å². The second-order valence-electron chi connectivity index (χ2n) is 9.87. The van der Waals surface area contributed by atoms with E-state index in [2.05, 4.69) is 5.32 Å². The molecule has 0 aliphatic heterocycles. The molecule has 0 aliphatic carbocycles. The van der Waals surface area contributed by atoms with Crippen molar-refractivity contribution in [2.45, 2.75) is 64.6 Å². The average Bonchev–Trinajstić information content (AvgIpc) is 2.95. The molecule has 0 bridgehead atoms. The van der Waals surface area contributed by atoms with Crippen molar-refractivity contribution in [3.05, 3.63) is 88.9 Å². The van der Waals surface area contributed by atoms with Crippen LogP contribution in [0, 0.1) is 6.92 Å². The number of nitrogens with zero attached hydrogens (tertiary/aromatic N) is 2. The van der Waals surface area contributed by atoms with Crippen molar-refractivity contribution < 1.29 is 22.7 Å². The van der Waals surface area contributed by atoms with Crippen LogP contribution in [0.15, 0.2) is 77.7 Å². The fourth-order valence-electron chi connectivity index (χ4n) is 4.13. The number of benzene rings is 3. The van der Waals surface area contributed by atoms with Crippen molar-refractivity contribution in [1.29, 1.82) is 0 Å². The minimum atomic E-state index is -4.20. The van der Waals surface area contributed by atoms with Crippen molar-refractivity contribution in [2.75, 3.05) is 17.5 Å². The molecule has 3 aromatic carbocycles. The van der Waals surface area contributed by atoms with Gasteiger partial charge >= 0.3 is 0 Å². The Morgan fingerprint density at radius 2 is 1.59 bits per heavy atom. The second kappa shape index (κ2) is 14.4. The van der Waals surface area contributed by atoms with Gasteiger partial charge in [0.1, 0.15) is 18.3 Å². The number of sulfonamides is 1. The van der Waals surface area contributed by atoms with E-state index in [1.54, 1.807) is 74.5 Å². The molecule has 1 N–H and O–H groups in total. The largest absolute Gasteiger partial charge is 0.492 e. The SMILES string of the molecule is CCOc1ccccc1N(CC(=O)N(Cc1ccc(Cl)cc1)C(C)C(=O)NC(C)CC)S(=O)(=O)c1ccc(C)cc1. The summed E-state index contributed by atoms with van der Waals surface area (Å²) in [6.07, 6.45) is 0.723. The van der Waals surface area contributed by atoms with E-state index in [-0.39, 0.29) is 29.1 Å². The van der Waals surface area contributed by atoms with Gasteiger partial charge in [-0.15, -0.1) is 0 Å². The number of carbonyl (C=O) groups excluding carboxylic acids is 2. The number of carbonyl (C=O) groups is 2. The maximum absolute atomic E-state index is 14.1. The first-order valence-corrected chi connectivity index (χ1v) is 15.4. The van der Waals surface area contributed by atoms with E-state index in [0.29, 0.717) is 17.4 Å². The number of nitrogens with one attached hydrogen (secondary N) is 1. The van der Waals surface area contributed by atoms with Gasteiger partial charge < -0.3 is 15.0 Å². The highest BCUT2D eigenvalue weighted by atomic mass is 35.5. The lowest BCUT2D eigenvalue weighted by molar-refractivity contribution is -0.139. The van der Waals surface area contributed by atoms with Gasteiger partial charge in [-0.05, 0) is 76.1 Å². The molecule has 3 aromatic rings. The highest BCUT2D eigenvalue weighted by Gasteiger charge is 2.34. The lowest BCUT2D eigenvalue weighted by Gasteiger charge is -2.33. The third-order valence-electron chi connectivity index (χ3n) is 6.76. The summed E-state index contributed by atoms with van der Waals surface area (Å²) in [5.41, 5.74) is 1.87. The zero-order chi connectivity index (χ0) is 30.2. The normalized spacial score (nSPS) is 12.7. The fraction of sp³-hybridized carbons (Fsp3) is 0.355. The predicted molar refractivity (Wildman–Crippen MR) is 163 cm³/mol. The Hall–Kier alpha value is -3.56. The Morgan fingerprint density at radius 1 is 0.951 bits per heavy atom. The summed E-state index contributed by atoms with van der Waals surface area (Å²) in [6, 6.07) is 19.1. The lowest BCUT2D eigenvalue weighted by Crippen LogP contribution is -2.52. The molecule has 0 heterocycles. The van der Waals surface area contributed by atoms with E-state index in [9.17, 15) is 18.0 Å². The van der Waals surface area contributed by atoms with Crippen LogP contribution in [0.4, 0.5) is 5.69 Å². The van der Waals surface area contributed by atoms with Crippen LogP contribution < -0.4 is 14.4 Å². The Labute approximate surface area is 248 Å². The van der Waals surface area contributed by atoms with Gasteiger partial charge in [-0.25, -0.2) is 8.42 Å². The van der Waals surface area contributed by atoms with Gasteiger partial charge in [-0.1, -0.05) is 60.5 Å². The zero-order valence-electron chi connectivity index (χ0n) is 24.1. The van der Waals surface area contributed by atoms with E-state index >= 15 is 0 Å². The maximum Gasteiger partial charge on any atom is 0.264 e. The van der Waals surface area contributed by atoms with Gasteiger partial charge in [0, 0.05) is 17.6 Å². The van der Waals surface area contributed by atoms with Gasteiger partial charge in [-0.3, -0.25) is 13.9 Å². The molecule has 3 rings (SSSR count). The minimum Gasteiger partial charge on any atom is -0.492 e. The standard InChI is InChI=1S/C31H38ClN3O5S/c1-6-23(4)33-31(37)24(5)34(20-25-14-16-26(32)17-15-25)30(36)21-35(28-10-8-9-11-29(28)40-7-2)41(38,39)27-18-12-22(3)13-19-27/h8-19,23-24H,6-7,20-21H2,1-5H3,(H,33,37). The van der Waals surface area contributed by atoms with E-state index in [4.69, 9.17) is 16.3 Å². The van der Waals surface area contributed by atoms with Gasteiger partial charge in [0.2, 0.25) is 11.8 Å². The predicted octanol–water partition coefficient (Wildman–Crippen LogP) is 5.57. The molecule has 0 fully saturated rings. The Kier molecular flexibility index (Phi) is 11.2. The number of rotatable bonds is 13. The summed E-state index contributed by atoms with van der Waals surface area (Å²) < 4.78 is 34.9. The molecule has 220 valence electrons. The van der Waals surface area contributed by atoms with Crippen LogP contribution in [0.3, 0.4) is 0 Å². The number of para-hydroxylation sites is 2. The molecule has 0 spiro atoms. The summed E-state index contributed by atoms with van der Waals surface area (Å²) in [5, 5.41) is 3.46. The zero-order valence-corrected chi connectivity index (χ0v) is 25.7. The molecular weight excluding hydrogens is 562 g/mol. The average molecular weight is 600 g/mol. The molecule has 41 heavy (non-hydrogen) atoms. The van der Waals surface area contributed by atoms with Gasteiger partial charge in [0.05, 0.1) is 17.2 Å². The Morgan fingerprint density at radius 3 is 2.20 bits per heavy atom. The van der Waals surface area contributed by atoms with Crippen molar-refractivity contribution >= 4 is 39.1 Å². The van der Waals surface area contributed by atoms with Gasteiger partial charge in [-0.2, -0.15) is 0 Å². The number of amides is 2. The Bertz CT molecular complexity index is 1430. The van der Waals surface area contributed by atoms with E-state index < -0.39 is 28.5 Å². The van der Waals surface area contributed by atoms with Crippen LogP contribution in [0.25, 0.3) is 0 Å². The van der Waals surface area contributed by atoms with Crippen molar-refractivity contribution in [2.24, 2.45) is 0 Å². The van der Waals surface area contributed by atoms with E-state index in [1.165, 1.54) is 17.0 Å². The number of hydrogen-bond donors (Lipinski definition) is 1. The van der Waals surface area contributed by atoms with Crippen LogP contribution in [0.5, 0.6) is 5.75 Å². The van der Waals surface area contributed by atoms with Crippen LogP contribution in [-0.2, 0) is 26.2 Å². The van der Waals surface area contributed by atoms with E-state index in [0.717, 1.165) is 21.9 Å². The highest BCUT2D eigenvalue weighted by molar-refractivity contribution is 7.92. The first kappa shape index (κ1) is 32.0. The summed E-state index contributed by atoms with van der Waals surface area (Å²) >= 11 is 6.06. The first-order valence-electron chi connectivity index (χ1n) is 13.6. The van der Waals surface area contributed by atoms with Gasteiger partial charge in [0.25, 0.3) is 10.0 Å². The number of hydrogen-bond acceptors (Lipinski definition) is 5. The maximum atomic E-state index is 14.1. The molecule has 0 radical (unpaired) electrons. The first-order chi connectivity index (χ1) is 19.5. The van der Waals surface area contributed by atoms with Crippen molar-refractivity contribution in [3.8, 4) is 5.75 Å². The quantitative estimate of drug-likeness (QED) is 0.277. The molecule has 10 heteroatoms. The molecule has 0 aromatic heterocycles. The van der Waals surface area contributed by atoms with Gasteiger partial charge in [0.15, 0.2) is 0 Å². The molecule has 0 aliphatic rings. The fourth-order valence-corrected chi connectivity index (χ4v) is 5.68. The van der Waals surface area contributed by atoms with Crippen LogP contribution >= 0.6 is 11.6 Å². The monoisotopic (exact) mass is 599 g/mol. The third-order valence-corrected chi connectivity index (χ3v) is 8.78. The summed E-state index contributed by atoms with van der Waals surface area (Å²) in [4.78, 5) is 28.7. The molecule has 2 unspecified atom stereocenters. The topological polar surface area (TPSA) is 96.0 Å². The summed E-state index contributed by atoms with van der Waals surface area (Å²) in [7, 11) is -4.20. The summed E-state index contributed by atoms with van der Waals surface area (Å²) in [5.74, 6) is -0.552. The Balaban J connectivity index is 2.07. The number of aryl methyl sites for hydroxylation is 1. The molecular formula is C31H38ClN3O5S. The smallest absolute Gasteiger partial charge is 0.264 e. The molecule has 2 amide bonds. The highest BCUT2D eigenvalue weighted by Crippen LogP contribution is 2.33. The van der Waals surface area contributed by atoms with Crippen LogP contribution in [0.1, 0.15) is 45.2 Å². The van der Waals surface area contributed by atoms with Crippen molar-refractivity contribution in [3.63, 3.8) is 0 Å². The molecule has 0 saturated heterocycles. The lowest BCUT2D eigenvalue weighted by atomic mass is 10.1. The van der Waals surface area contributed by atoms with Crippen molar-refractivity contribution in [1.82, 2.24) is 10.2 Å². The number of halogens is 1. The second-order valence-corrected chi connectivity index (χ2v) is 12.2. The minimum absolute atomic E-state index is 0.0361.